The number of sulfone groups is 1. The molecule has 1 N–H and O–H groups in total. The van der Waals surface area contributed by atoms with Gasteiger partial charge in [0.1, 0.15) is 5.75 Å². The van der Waals surface area contributed by atoms with Gasteiger partial charge in [0, 0.05) is 36.2 Å². The Labute approximate surface area is 175 Å². The van der Waals surface area contributed by atoms with Gasteiger partial charge in [-0.3, -0.25) is 4.79 Å². The van der Waals surface area contributed by atoms with E-state index in [1.807, 2.05) is 6.07 Å². The number of hydrogen-bond acceptors (Lipinski definition) is 5. The molecule has 2 aromatic carbocycles. The molecule has 0 spiro atoms. The van der Waals surface area contributed by atoms with Crippen LogP contribution in [0.15, 0.2) is 47.4 Å². The molecular formula is C19H21Cl2N3O3S. The fraction of sp³-hybridized carbons (Fsp3) is 0.316. The van der Waals surface area contributed by atoms with Crippen LogP contribution in [0.3, 0.4) is 0 Å². The van der Waals surface area contributed by atoms with Gasteiger partial charge >= 0.3 is 0 Å². The van der Waals surface area contributed by atoms with Gasteiger partial charge in [-0.2, -0.15) is 0 Å². The zero-order valence-corrected chi connectivity index (χ0v) is 17.7. The molecule has 1 aliphatic heterocycles. The van der Waals surface area contributed by atoms with Crippen LogP contribution in [0.25, 0.3) is 0 Å². The predicted molar refractivity (Wildman–Crippen MR) is 113 cm³/mol. The third-order valence-electron chi connectivity index (χ3n) is 4.57. The summed E-state index contributed by atoms with van der Waals surface area (Å²) < 4.78 is 25.0. The molecule has 1 aliphatic rings. The summed E-state index contributed by atoms with van der Waals surface area (Å²) in [7, 11) is -1.72. The van der Waals surface area contributed by atoms with Crippen molar-refractivity contribution in [3.8, 4) is 0 Å². The summed E-state index contributed by atoms with van der Waals surface area (Å²) in [6, 6.07) is 11.0. The average molecular weight is 442 g/mol. The predicted octanol–water partition coefficient (Wildman–Crippen LogP) is 3.16. The number of halogens is 2. The number of amides is 1. The molecule has 150 valence electrons. The topological polar surface area (TPSA) is 69.7 Å². The van der Waals surface area contributed by atoms with E-state index in [-0.39, 0.29) is 4.90 Å². The SMILES string of the molecule is CN1CCN(c2ccc(Cl)cc2NC(=O)CS(=O)(=O)c2ccc(Cl)cc2)CC1. The zero-order chi connectivity index (χ0) is 20.3. The van der Waals surface area contributed by atoms with Crippen molar-refractivity contribution in [3.05, 3.63) is 52.5 Å². The molecule has 0 unspecified atom stereocenters. The van der Waals surface area contributed by atoms with Gasteiger partial charge in [-0.05, 0) is 49.5 Å². The Bertz CT molecular complexity index is 957. The molecule has 0 saturated carbocycles. The summed E-state index contributed by atoms with van der Waals surface area (Å²) in [5, 5.41) is 3.61. The number of anilines is 2. The first-order valence-corrected chi connectivity index (χ1v) is 11.2. The molecular weight excluding hydrogens is 421 g/mol. The number of benzene rings is 2. The Hall–Kier alpha value is -1.80. The van der Waals surface area contributed by atoms with Crippen LogP contribution in [-0.2, 0) is 14.6 Å². The summed E-state index contributed by atoms with van der Waals surface area (Å²) in [5.74, 6) is -1.28. The van der Waals surface area contributed by atoms with Gasteiger partial charge < -0.3 is 15.1 Å². The lowest BCUT2D eigenvalue weighted by Crippen LogP contribution is -2.44. The van der Waals surface area contributed by atoms with Crippen LogP contribution in [0.2, 0.25) is 10.0 Å². The van der Waals surface area contributed by atoms with Crippen molar-refractivity contribution in [2.24, 2.45) is 0 Å². The molecule has 1 saturated heterocycles. The van der Waals surface area contributed by atoms with Crippen molar-refractivity contribution in [1.29, 1.82) is 0 Å². The Morgan fingerprint density at radius 2 is 1.61 bits per heavy atom. The minimum Gasteiger partial charge on any atom is -0.367 e. The van der Waals surface area contributed by atoms with Gasteiger partial charge in [0.05, 0.1) is 16.3 Å². The van der Waals surface area contributed by atoms with E-state index in [0.717, 1.165) is 31.9 Å². The summed E-state index contributed by atoms with van der Waals surface area (Å²) >= 11 is 11.9. The second-order valence-corrected chi connectivity index (χ2v) is 9.58. The average Bonchev–Trinajstić information content (AvgIpc) is 2.63. The van der Waals surface area contributed by atoms with E-state index >= 15 is 0 Å². The summed E-state index contributed by atoms with van der Waals surface area (Å²) in [6.07, 6.45) is 0. The molecule has 0 radical (unpaired) electrons. The van der Waals surface area contributed by atoms with E-state index in [2.05, 4.69) is 22.2 Å². The number of likely N-dealkylation sites (N-methyl/N-ethyl adjacent to an activating group) is 1. The van der Waals surface area contributed by atoms with Gasteiger partial charge in [0.15, 0.2) is 9.84 Å². The van der Waals surface area contributed by atoms with Crippen LogP contribution >= 0.6 is 23.2 Å². The monoisotopic (exact) mass is 441 g/mol. The van der Waals surface area contributed by atoms with Crippen LogP contribution < -0.4 is 10.2 Å². The Balaban J connectivity index is 1.76. The van der Waals surface area contributed by atoms with Crippen molar-refractivity contribution in [3.63, 3.8) is 0 Å². The highest BCUT2D eigenvalue weighted by atomic mass is 35.5. The first-order chi connectivity index (χ1) is 13.2. The van der Waals surface area contributed by atoms with E-state index in [1.165, 1.54) is 24.3 Å². The Morgan fingerprint density at radius 3 is 2.25 bits per heavy atom. The maximum absolute atomic E-state index is 12.5. The summed E-state index contributed by atoms with van der Waals surface area (Å²) in [4.78, 5) is 16.9. The molecule has 0 atom stereocenters. The lowest BCUT2D eigenvalue weighted by molar-refractivity contribution is -0.113. The largest absolute Gasteiger partial charge is 0.367 e. The fourth-order valence-corrected chi connectivity index (χ4v) is 4.45. The number of carbonyl (C=O) groups is 1. The molecule has 0 bridgehead atoms. The molecule has 1 heterocycles. The minimum atomic E-state index is -3.78. The van der Waals surface area contributed by atoms with E-state index in [4.69, 9.17) is 23.2 Å². The number of carbonyl (C=O) groups excluding carboxylic acids is 1. The van der Waals surface area contributed by atoms with Crippen LogP contribution in [-0.4, -0.2) is 58.2 Å². The number of nitrogens with zero attached hydrogens (tertiary/aromatic N) is 2. The molecule has 0 aliphatic carbocycles. The van der Waals surface area contributed by atoms with E-state index < -0.39 is 21.5 Å². The quantitative estimate of drug-likeness (QED) is 0.771. The second-order valence-electron chi connectivity index (χ2n) is 6.71. The molecule has 1 amide bonds. The van der Waals surface area contributed by atoms with E-state index in [9.17, 15) is 13.2 Å². The highest BCUT2D eigenvalue weighted by Crippen LogP contribution is 2.30. The number of piperazine rings is 1. The maximum atomic E-state index is 12.5. The van der Waals surface area contributed by atoms with Gasteiger partial charge in [-0.1, -0.05) is 23.2 Å². The molecule has 0 aromatic heterocycles. The van der Waals surface area contributed by atoms with Crippen LogP contribution in [0.5, 0.6) is 0 Å². The molecule has 1 fully saturated rings. The normalized spacial score (nSPS) is 15.5. The van der Waals surface area contributed by atoms with Crippen LogP contribution in [0.4, 0.5) is 11.4 Å². The highest BCUT2D eigenvalue weighted by molar-refractivity contribution is 7.92. The zero-order valence-electron chi connectivity index (χ0n) is 15.4. The second kappa shape index (κ2) is 8.69. The summed E-state index contributed by atoms with van der Waals surface area (Å²) in [5.41, 5.74) is 1.34. The molecule has 2 aromatic rings. The summed E-state index contributed by atoms with van der Waals surface area (Å²) in [6.45, 7) is 3.43. The van der Waals surface area contributed by atoms with Crippen molar-refractivity contribution in [1.82, 2.24) is 4.90 Å². The van der Waals surface area contributed by atoms with Gasteiger partial charge in [-0.15, -0.1) is 0 Å². The molecule has 3 rings (SSSR count). The molecule has 28 heavy (non-hydrogen) atoms. The first-order valence-electron chi connectivity index (χ1n) is 8.76. The van der Waals surface area contributed by atoms with Crippen molar-refractivity contribution in [2.45, 2.75) is 4.90 Å². The van der Waals surface area contributed by atoms with Crippen LogP contribution in [0, 0.1) is 0 Å². The fourth-order valence-electron chi connectivity index (χ4n) is 3.02. The first kappa shape index (κ1) is 20.9. The number of nitrogens with one attached hydrogen (secondary N) is 1. The minimum absolute atomic E-state index is 0.0532. The number of rotatable bonds is 5. The molecule has 9 heteroatoms. The Kier molecular flexibility index (Phi) is 6.50. The standard InChI is InChI=1S/C19H21Cl2N3O3S/c1-23-8-10-24(11-9-23)18-7-4-15(21)12-17(18)22-19(25)13-28(26,27)16-5-2-14(20)3-6-16/h2-7,12H,8-11,13H2,1H3,(H,22,25). The van der Waals surface area contributed by atoms with Gasteiger partial charge in [0.2, 0.25) is 5.91 Å². The van der Waals surface area contributed by atoms with Crippen molar-refractivity contribution >= 4 is 50.3 Å². The van der Waals surface area contributed by atoms with Crippen LogP contribution in [0.1, 0.15) is 0 Å². The lowest BCUT2D eigenvalue weighted by Gasteiger charge is -2.35. The smallest absolute Gasteiger partial charge is 0.240 e. The lowest BCUT2D eigenvalue weighted by atomic mass is 10.2. The Morgan fingerprint density at radius 1 is 1.00 bits per heavy atom. The van der Waals surface area contributed by atoms with Crippen molar-refractivity contribution < 1.29 is 13.2 Å². The number of hydrogen-bond donors (Lipinski definition) is 1. The van der Waals surface area contributed by atoms with Gasteiger partial charge in [0.25, 0.3) is 0 Å². The maximum Gasteiger partial charge on any atom is 0.240 e. The van der Waals surface area contributed by atoms with E-state index in [0.29, 0.717) is 15.7 Å². The van der Waals surface area contributed by atoms with Crippen molar-refractivity contribution in [2.75, 3.05) is 49.2 Å². The van der Waals surface area contributed by atoms with Gasteiger partial charge in [-0.25, -0.2) is 8.42 Å². The van der Waals surface area contributed by atoms with E-state index in [1.54, 1.807) is 12.1 Å². The third-order valence-corrected chi connectivity index (χ3v) is 6.69. The highest BCUT2D eigenvalue weighted by Gasteiger charge is 2.22. The third kappa shape index (κ3) is 5.17. The molecule has 6 nitrogen and oxygen atoms in total.